The van der Waals surface area contributed by atoms with Crippen LogP contribution >= 0.6 is 0 Å². The lowest BCUT2D eigenvalue weighted by Gasteiger charge is -2.35. The predicted molar refractivity (Wildman–Crippen MR) is 98.0 cm³/mol. The summed E-state index contributed by atoms with van der Waals surface area (Å²) < 4.78 is 0. The van der Waals surface area contributed by atoms with E-state index in [1.165, 1.54) is 22.3 Å². The highest BCUT2D eigenvalue weighted by Crippen LogP contribution is 2.42. The summed E-state index contributed by atoms with van der Waals surface area (Å²) in [6.45, 7) is 5.71. The molecule has 0 amide bonds. The van der Waals surface area contributed by atoms with Gasteiger partial charge in [-0.15, -0.1) is 0 Å². The molecule has 2 atom stereocenters. The first kappa shape index (κ1) is 14.5. The van der Waals surface area contributed by atoms with E-state index in [1.54, 1.807) is 0 Å². The molecular weight excluding hydrogens is 278 g/mol. The molecule has 116 valence electrons. The van der Waals surface area contributed by atoms with Gasteiger partial charge in [0.05, 0.1) is 12.1 Å². The van der Waals surface area contributed by atoms with Crippen LogP contribution in [0.3, 0.4) is 0 Å². The second-order valence-electron chi connectivity index (χ2n) is 6.96. The number of rotatable bonds is 4. The van der Waals surface area contributed by atoms with Crippen molar-refractivity contribution in [3.63, 3.8) is 0 Å². The first-order chi connectivity index (χ1) is 11.2. The summed E-state index contributed by atoms with van der Waals surface area (Å²) in [6.07, 6.45) is 9.28. The molecule has 0 N–H and O–H groups in total. The van der Waals surface area contributed by atoms with Crippen LogP contribution in [0.1, 0.15) is 48.2 Å². The molecule has 0 radical (unpaired) electrons. The van der Waals surface area contributed by atoms with Gasteiger partial charge in [-0.1, -0.05) is 86.7 Å². The van der Waals surface area contributed by atoms with E-state index < -0.39 is 0 Å². The van der Waals surface area contributed by atoms with Crippen molar-refractivity contribution in [1.29, 1.82) is 0 Å². The smallest absolute Gasteiger partial charge is 0.0549 e. The second-order valence-corrected chi connectivity index (χ2v) is 6.96. The highest BCUT2D eigenvalue weighted by Gasteiger charge is 2.31. The van der Waals surface area contributed by atoms with Gasteiger partial charge in [-0.25, -0.2) is 0 Å². The van der Waals surface area contributed by atoms with Gasteiger partial charge in [0.15, 0.2) is 0 Å². The van der Waals surface area contributed by atoms with Crippen molar-refractivity contribution in [2.75, 3.05) is 6.54 Å². The monoisotopic (exact) mass is 301 g/mol. The first-order valence-electron chi connectivity index (χ1n) is 8.54. The van der Waals surface area contributed by atoms with E-state index in [0.29, 0.717) is 18.0 Å². The summed E-state index contributed by atoms with van der Waals surface area (Å²) in [5, 5.41) is 0. The average Bonchev–Trinajstić information content (AvgIpc) is 3.17. The normalized spacial score (nSPS) is 21.2. The number of nitrogens with zero attached hydrogens (tertiary/aromatic N) is 1. The maximum Gasteiger partial charge on any atom is 0.0549 e. The maximum atomic E-state index is 2.65. The van der Waals surface area contributed by atoms with Crippen molar-refractivity contribution in [3.8, 4) is 0 Å². The molecule has 0 fully saturated rings. The Kier molecular flexibility index (Phi) is 3.66. The summed E-state index contributed by atoms with van der Waals surface area (Å²) >= 11 is 0. The van der Waals surface area contributed by atoms with Crippen molar-refractivity contribution in [1.82, 2.24) is 4.90 Å². The Balaban J connectivity index is 1.73. The van der Waals surface area contributed by atoms with E-state index in [9.17, 15) is 0 Å². The molecule has 0 aromatic heterocycles. The number of hydrogen-bond acceptors (Lipinski definition) is 1. The van der Waals surface area contributed by atoms with E-state index in [1.807, 2.05) is 0 Å². The van der Waals surface area contributed by atoms with Gasteiger partial charge in [0.1, 0.15) is 0 Å². The van der Waals surface area contributed by atoms with Crippen LogP contribution in [-0.2, 0) is 0 Å². The van der Waals surface area contributed by atoms with E-state index in [2.05, 4.69) is 91.6 Å². The van der Waals surface area contributed by atoms with E-state index in [0.717, 1.165) is 6.54 Å². The van der Waals surface area contributed by atoms with Crippen molar-refractivity contribution < 1.29 is 0 Å². The molecule has 23 heavy (non-hydrogen) atoms. The molecule has 0 saturated heterocycles. The van der Waals surface area contributed by atoms with E-state index in [4.69, 9.17) is 0 Å². The fourth-order valence-corrected chi connectivity index (χ4v) is 3.86. The molecule has 4 rings (SSSR count). The van der Waals surface area contributed by atoms with Crippen molar-refractivity contribution >= 4 is 12.2 Å². The summed E-state index contributed by atoms with van der Waals surface area (Å²) in [7, 11) is 0. The van der Waals surface area contributed by atoms with Crippen LogP contribution in [0.2, 0.25) is 0 Å². The van der Waals surface area contributed by atoms with Crippen LogP contribution in [-0.4, -0.2) is 11.4 Å². The zero-order valence-corrected chi connectivity index (χ0v) is 13.8. The Hall–Kier alpha value is -2.12. The number of hydrogen-bond donors (Lipinski definition) is 0. The second kappa shape index (κ2) is 5.82. The van der Waals surface area contributed by atoms with Crippen LogP contribution in [0.5, 0.6) is 0 Å². The van der Waals surface area contributed by atoms with Gasteiger partial charge in [-0.3, -0.25) is 4.90 Å². The summed E-state index contributed by atoms with van der Waals surface area (Å²) in [6, 6.07) is 18.3. The fourth-order valence-electron chi connectivity index (χ4n) is 3.86. The van der Waals surface area contributed by atoms with Crippen LogP contribution < -0.4 is 0 Å². The third-order valence-electron chi connectivity index (χ3n) is 4.84. The molecule has 2 aliphatic carbocycles. The fraction of sp³-hybridized carbons (Fsp3) is 0.273. The Labute approximate surface area is 139 Å². The Bertz CT molecular complexity index is 708. The minimum Gasteiger partial charge on any atom is -0.282 e. The van der Waals surface area contributed by atoms with Crippen LogP contribution in [0, 0.1) is 5.92 Å². The SMILES string of the molecule is CC(C)CN(C1C=Cc2ccccc21)C1C=Cc2ccccc21. The topological polar surface area (TPSA) is 3.24 Å². The Morgan fingerprint density at radius 2 is 1.26 bits per heavy atom. The molecular formula is C22H23N. The molecule has 1 heteroatoms. The molecule has 2 aromatic carbocycles. The van der Waals surface area contributed by atoms with Gasteiger partial charge >= 0.3 is 0 Å². The summed E-state index contributed by atoms with van der Waals surface area (Å²) in [5.74, 6) is 0.636. The van der Waals surface area contributed by atoms with Gasteiger partial charge in [-0.2, -0.15) is 0 Å². The Morgan fingerprint density at radius 1 is 0.783 bits per heavy atom. The third kappa shape index (κ3) is 2.55. The molecule has 1 nitrogen and oxygen atoms in total. The number of fused-ring (bicyclic) bond motifs is 2. The lowest BCUT2D eigenvalue weighted by atomic mass is 9.99. The van der Waals surface area contributed by atoms with Crippen LogP contribution in [0.15, 0.2) is 60.7 Å². The lowest BCUT2D eigenvalue weighted by molar-refractivity contribution is 0.171. The first-order valence-corrected chi connectivity index (χ1v) is 8.54. The summed E-state index contributed by atoms with van der Waals surface area (Å²) in [4.78, 5) is 2.65. The highest BCUT2D eigenvalue weighted by molar-refractivity contribution is 5.64. The number of benzene rings is 2. The van der Waals surface area contributed by atoms with Gasteiger partial charge in [0, 0.05) is 6.54 Å². The molecule has 0 aliphatic heterocycles. The standard InChI is InChI=1S/C22H23N/c1-16(2)15-23(21-13-11-17-7-3-5-9-19(17)21)22-14-12-18-8-4-6-10-20(18)22/h3-14,16,21-22H,15H2,1-2H3. The zero-order valence-electron chi connectivity index (χ0n) is 13.8. The highest BCUT2D eigenvalue weighted by atomic mass is 15.2. The molecule has 0 heterocycles. The molecule has 2 unspecified atom stereocenters. The lowest BCUT2D eigenvalue weighted by Crippen LogP contribution is -2.33. The van der Waals surface area contributed by atoms with Gasteiger partial charge in [0.25, 0.3) is 0 Å². The minimum atomic E-state index is 0.370. The maximum absolute atomic E-state index is 2.65. The zero-order chi connectivity index (χ0) is 15.8. The van der Waals surface area contributed by atoms with Crippen molar-refractivity contribution in [3.05, 3.63) is 82.9 Å². The quantitative estimate of drug-likeness (QED) is 0.722. The van der Waals surface area contributed by atoms with Gasteiger partial charge in [0.2, 0.25) is 0 Å². The Morgan fingerprint density at radius 3 is 1.74 bits per heavy atom. The largest absolute Gasteiger partial charge is 0.282 e. The minimum absolute atomic E-state index is 0.370. The van der Waals surface area contributed by atoms with Crippen molar-refractivity contribution in [2.24, 2.45) is 5.92 Å². The molecule has 0 spiro atoms. The third-order valence-corrected chi connectivity index (χ3v) is 4.84. The molecule has 0 bridgehead atoms. The van der Waals surface area contributed by atoms with Crippen LogP contribution in [0.4, 0.5) is 0 Å². The van der Waals surface area contributed by atoms with Gasteiger partial charge < -0.3 is 0 Å². The van der Waals surface area contributed by atoms with E-state index >= 15 is 0 Å². The van der Waals surface area contributed by atoms with Gasteiger partial charge in [-0.05, 0) is 28.2 Å². The summed E-state index contributed by atoms with van der Waals surface area (Å²) in [5.41, 5.74) is 5.60. The molecule has 2 aliphatic rings. The molecule has 0 saturated carbocycles. The molecule has 2 aromatic rings. The van der Waals surface area contributed by atoms with Crippen molar-refractivity contribution in [2.45, 2.75) is 25.9 Å². The predicted octanol–water partition coefficient (Wildman–Crippen LogP) is 5.48. The van der Waals surface area contributed by atoms with E-state index in [-0.39, 0.29) is 0 Å². The van der Waals surface area contributed by atoms with Crippen LogP contribution in [0.25, 0.3) is 12.2 Å². The average molecular weight is 301 g/mol.